The maximum Gasteiger partial charge on any atom is 0.150 e. The average molecular weight is 325 g/mol. The van der Waals surface area contributed by atoms with E-state index in [1.807, 2.05) is 0 Å². The summed E-state index contributed by atoms with van der Waals surface area (Å²) < 4.78 is 23.3. The Morgan fingerprint density at radius 2 is 1.94 bits per heavy atom. The Kier molecular flexibility index (Phi) is 5.10. The van der Waals surface area contributed by atoms with Crippen LogP contribution >= 0.6 is 15.9 Å². The Morgan fingerprint density at radius 1 is 1.35 bits per heavy atom. The summed E-state index contributed by atoms with van der Waals surface area (Å²) in [6, 6.07) is 0. The minimum atomic E-state index is -2.86. The van der Waals surface area contributed by atoms with E-state index in [0.29, 0.717) is 10.7 Å². The lowest BCUT2D eigenvalue weighted by Crippen LogP contribution is -2.35. The molecule has 1 aliphatic rings. The van der Waals surface area contributed by atoms with Crippen LogP contribution < -0.4 is 0 Å². The van der Waals surface area contributed by atoms with Gasteiger partial charge in [-0.05, 0) is 37.0 Å². The standard InChI is InChI=1S/C13H25BrO2S/c1-10(14)9-13(2,3)11-6-5-7-12(8-11)17(4,15)16/h10-12H,5-9H2,1-4H3. The molecule has 0 amide bonds. The molecule has 1 fully saturated rings. The summed E-state index contributed by atoms with van der Waals surface area (Å²) in [6.07, 6.45) is 6.44. The third kappa shape index (κ3) is 4.55. The first kappa shape index (κ1) is 15.5. The molecular formula is C13H25BrO2S. The quantitative estimate of drug-likeness (QED) is 0.737. The molecule has 0 N–H and O–H groups in total. The lowest BCUT2D eigenvalue weighted by atomic mass is 9.69. The summed E-state index contributed by atoms with van der Waals surface area (Å²) in [5.74, 6) is 0.538. The summed E-state index contributed by atoms with van der Waals surface area (Å²) in [5, 5.41) is -0.105. The molecule has 0 aromatic rings. The number of halogens is 1. The van der Waals surface area contributed by atoms with Crippen molar-refractivity contribution in [3.63, 3.8) is 0 Å². The van der Waals surface area contributed by atoms with Crippen molar-refractivity contribution < 1.29 is 8.42 Å². The van der Waals surface area contributed by atoms with E-state index in [2.05, 4.69) is 36.7 Å². The summed E-state index contributed by atoms with van der Waals surface area (Å²) in [7, 11) is -2.86. The first-order chi connectivity index (χ1) is 7.63. The normalized spacial score (nSPS) is 29.0. The van der Waals surface area contributed by atoms with Crippen molar-refractivity contribution in [3.8, 4) is 0 Å². The van der Waals surface area contributed by atoms with E-state index in [4.69, 9.17) is 0 Å². The van der Waals surface area contributed by atoms with Crippen LogP contribution in [0.3, 0.4) is 0 Å². The highest BCUT2D eigenvalue weighted by molar-refractivity contribution is 9.09. The van der Waals surface area contributed by atoms with Crippen molar-refractivity contribution in [3.05, 3.63) is 0 Å². The third-order valence-corrected chi connectivity index (χ3v) is 6.11. The van der Waals surface area contributed by atoms with Crippen LogP contribution in [-0.2, 0) is 9.84 Å². The monoisotopic (exact) mass is 324 g/mol. The average Bonchev–Trinajstić information content (AvgIpc) is 2.14. The van der Waals surface area contributed by atoms with Crippen molar-refractivity contribution in [2.24, 2.45) is 11.3 Å². The Balaban J connectivity index is 2.72. The molecular weight excluding hydrogens is 300 g/mol. The Labute approximate surface area is 115 Å². The van der Waals surface area contributed by atoms with Gasteiger partial charge in [-0.3, -0.25) is 0 Å². The van der Waals surface area contributed by atoms with Gasteiger partial charge in [-0.2, -0.15) is 0 Å². The van der Waals surface area contributed by atoms with Gasteiger partial charge in [-0.15, -0.1) is 0 Å². The largest absolute Gasteiger partial charge is 0.229 e. The molecule has 3 atom stereocenters. The summed E-state index contributed by atoms with van der Waals surface area (Å²) in [5.41, 5.74) is 0.228. The van der Waals surface area contributed by atoms with Crippen LogP contribution in [0.5, 0.6) is 0 Å². The van der Waals surface area contributed by atoms with Crippen LogP contribution in [0.25, 0.3) is 0 Å². The van der Waals surface area contributed by atoms with E-state index in [9.17, 15) is 8.42 Å². The molecule has 2 nitrogen and oxygen atoms in total. The van der Waals surface area contributed by atoms with E-state index in [-0.39, 0.29) is 10.7 Å². The second kappa shape index (κ2) is 5.60. The fraction of sp³-hybridized carbons (Fsp3) is 1.00. The molecule has 0 radical (unpaired) electrons. The molecule has 0 aromatic heterocycles. The van der Waals surface area contributed by atoms with Gasteiger partial charge in [0.2, 0.25) is 0 Å². The molecule has 0 heterocycles. The van der Waals surface area contributed by atoms with Gasteiger partial charge in [0.15, 0.2) is 0 Å². The summed E-state index contributed by atoms with van der Waals surface area (Å²) in [6.45, 7) is 6.72. The van der Waals surface area contributed by atoms with Gasteiger partial charge < -0.3 is 0 Å². The van der Waals surface area contributed by atoms with Crippen LogP contribution in [0.2, 0.25) is 0 Å². The molecule has 0 aromatic carbocycles. The minimum Gasteiger partial charge on any atom is -0.229 e. The zero-order chi connectivity index (χ0) is 13.3. The van der Waals surface area contributed by atoms with E-state index in [0.717, 1.165) is 25.7 Å². The van der Waals surface area contributed by atoms with Crippen molar-refractivity contribution in [1.29, 1.82) is 0 Å². The summed E-state index contributed by atoms with van der Waals surface area (Å²) >= 11 is 3.61. The first-order valence-electron chi connectivity index (χ1n) is 6.46. The Hall–Kier alpha value is 0.430. The number of hydrogen-bond acceptors (Lipinski definition) is 2. The van der Waals surface area contributed by atoms with Crippen molar-refractivity contribution in [2.45, 2.75) is 63.0 Å². The van der Waals surface area contributed by atoms with Crippen LogP contribution in [-0.4, -0.2) is 24.8 Å². The van der Waals surface area contributed by atoms with Crippen molar-refractivity contribution in [2.75, 3.05) is 6.26 Å². The second-order valence-corrected chi connectivity index (χ2v) is 10.2. The lowest BCUT2D eigenvalue weighted by Gasteiger charge is -2.40. The number of alkyl halides is 1. The maximum atomic E-state index is 11.7. The van der Waals surface area contributed by atoms with E-state index in [1.54, 1.807) is 0 Å². The van der Waals surface area contributed by atoms with Gasteiger partial charge in [0, 0.05) is 11.1 Å². The van der Waals surface area contributed by atoms with Crippen LogP contribution in [0.1, 0.15) is 52.9 Å². The van der Waals surface area contributed by atoms with Gasteiger partial charge >= 0.3 is 0 Å². The van der Waals surface area contributed by atoms with Crippen molar-refractivity contribution in [1.82, 2.24) is 0 Å². The molecule has 0 spiro atoms. The molecule has 0 saturated heterocycles. The highest BCUT2D eigenvalue weighted by Gasteiger charge is 2.37. The van der Waals surface area contributed by atoms with Gasteiger partial charge in [0.25, 0.3) is 0 Å². The van der Waals surface area contributed by atoms with Gasteiger partial charge in [0.1, 0.15) is 9.84 Å². The lowest BCUT2D eigenvalue weighted by molar-refractivity contribution is 0.149. The van der Waals surface area contributed by atoms with Gasteiger partial charge in [0.05, 0.1) is 5.25 Å². The minimum absolute atomic E-state index is 0.105. The molecule has 0 aliphatic heterocycles. The van der Waals surface area contributed by atoms with Crippen LogP contribution in [0.4, 0.5) is 0 Å². The van der Waals surface area contributed by atoms with Crippen molar-refractivity contribution >= 4 is 25.8 Å². The number of sulfone groups is 1. The molecule has 1 saturated carbocycles. The smallest absolute Gasteiger partial charge is 0.150 e. The fourth-order valence-corrected chi connectivity index (χ4v) is 5.15. The first-order valence-corrected chi connectivity index (χ1v) is 9.33. The number of rotatable bonds is 4. The van der Waals surface area contributed by atoms with Gasteiger partial charge in [-0.1, -0.05) is 43.1 Å². The van der Waals surface area contributed by atoms with E-state index in [1.165, 1.54) is 12.7 Å². The molecule has 1 aliphatic carbocycles. The summed E-state index contributed by atoms with van der Waals surface area (Å²) in [4.78, 5) is 0.496. The zero-order valence-corrected chi connectivity index (χ0v) is 13.8. The predicted molar refractivity (Wildman–Crippen MR) is 77.4 cm³/mol. The molecule has 17 heavy (non-hydrogen) atoms. The Bertz CT molecular complexity index is 346. The van der Waals surface area contributed by atoms with Crippen LogP contribution in [0, 0.1) is 11.3 Å². The SMILES string of the molecule is CC(Br)CC(C)(C)C1CCCC(S(C)(=O)=O)C1. The second-order valence-electron chi connectivity index (χ2n) is 6.29. The van der Waals surface area contributed by atoms with E-state index >= 15 is 0 Å². The molecule has 0 bridgehead atoms. The number of hydrogen-bond donors (Lipinski definition) is 0. The molecule has 102 valence electrons. The highest BCUT2D eigenvalue weighted by atomic mass is 79.9. The fourth-order valence-electron chi connectivity index (χ4n) is 3.14. The molecule has 4 heteroatoms. The maximum absolute atomic E-state index is 11.7. The Morgan fingerprint density at radius 3 is 2.41 bits per heavy atom. The molecule has 1 rings (SSSR count). The third-order valence-electron chi connectivity index (χ3n) is 4.14. The highest BCUT2D eigenvalue weighted by Crippen LogP contribution is 2.43. The van der Waals surface area contributed by atoms with Gasteiger partial charge in [-0.25, -0.2) is 8.42 Å². The zero-order valence-electron chi connectivity index (χ0n) is 11.4. The van der Waals surface area contributed by atoms with E-state index < -0.39 is 9.84 Å². The van der Waals surface area contributed by atoms with Crippen LogP contribution in [0.15, 0.2) is 0 Å². The topological polar surface area (TPSA) is 34.1 Å². The predicted octanol–water partition coefficient (Wildman–Crippen LogP) is 3.79. The molecule has 3 unspecified atom stereocenters.